The minimum atomic E-state index is -0.0805. The second-order valence-corrected chi connectivity index (χ2v) is 10.7. The summed E-state index contributed by atoms with van der Waals surface area (Å²) in [5.74, 6) is 0.947. The van der Waals surface area contributed by atoms with Crippen LogP contribution < -0.4 is 11.5 Å². The summed E-state index contributed by atoms with van der Waals surface area (Å²) in [6.07, 6.45) is 3.79. The molecule has 1 amide bonds. The van der Waals surface area contributed by atoms with Crippen LogP contribution in [-0.2, 0) is 30.7 Å². The summed E-state index contributed by atoms with van der Waals surface area (Å²) >= 11 is 6.04. The predicted octanol–water partition coefficient (Wildman–Crippen LogP) is 4.54. The number of amidine groups is 1. The molecule has 1 saturated heterocycles. The lowest BCUT2D eigenvalue weighted by Crippen LogP contribution is -2.34. The van der Waals surface area contributed by atoms with Crippen molar-refractivity contribution in [2.45, 2.75) is 44.9 Å². The molecule has 2 heterocycles. The standard InChI is InChI=1S/C31H35ClN6O2/c32-25-11-5-22(6-12-25)19-37(16-15-33)31(39)24-10-13-28-27(18-24)36-29(38(28)20-26-2-1-17-40-26)14-7-21-3-8-23(9-4-21)30(34)35/h3-6,8-13,18,26H,1-2,7,14-17,19-20,33H2,(H3,34,35). The molecule has 0 radical (unpaired) electrons. The molecule has 9 heteroatoms. The van der Waals surface area contributed by atoms with E-state index in [1.165, 1.54) is 0 Å². The van der Waals surface area contributed by atoms with Gasteiger partial charge in [-0.3, -0.25) is 10.2 Å². The number of aryl methyl sites for hydroxylation is 2. The molecule has 40 heavy (non-hydrogen) atoms. The Bertz CT molecular complexity index is 1480. The number of amides is 1. The van der Waals surface area contributed by atoms with Gasteiger partial charge in [0, 0.05) is 48.8 Å². The van der Waals surface area contributed by atoms with E-state index in [-0.39, 0.29) is 17.8 Å². The van der Waals surface area contributed by atoms with E-state index < -0.39 is 0 Å². The normalized spacial score (nSPS) is 15.0. The first-order valence-corrected chi connectivity index (χ1v) is 14.1. The number of nitrogens with one attached hydrogen (secondary N) is 1. The molecule has 0 bridgehead atoms. The Kier molecular flexibility index (Phi) is 8.79. The number of hydrogen-bond donors (Lipinski definition) is 3. The first-order valence-electron chi connectivity index (χ1n) is 13.7. The van der Waals surface area contributed by atoms with Gasteiger partial charge in [-0.1, -0.05) is 48.0 Å². The van der Waals surface area contributed by atoms with Gasteiger partial charge in [-0.2, -0.15) is 0 Å². The molecule has 1 aliphatic rings. The highest BCUT2D eigenvalue weighted by atomic mass is 35.5. The first kappa shape index (κ1) is 27.8. The summed E-state index contributed by atoms with van der Waals surface area (Å²) in [6, 6.07) is 21.0. The number of halogens is 1. The highest BCUT2D eigenvalue weighted by molar-refractivity contribution is 6.30. The SMILES string of the molecule is N=C(N)c1ccc(CCc2nc3cc(C(=O)N(CCN)Cc4ccc(Cl)cc4)ccc3n2CC2CCCO2)cc1. The van der Waals surface area contributed by atoms with E-state index in [2.05, 4.69) is 4.57 Å². The number of fused-ring (bicyclic) bond motifs is 1. The lowest BCUT2D eigenvalue weighted by Gasteiger charge is -2.22. The van der Waals surface area contributed by atoms with Crippen LogP contribution in [0.5, 0.6) is 0 Å². The van der Waals surface area contributed by atoms with Crippen LogP contribution in [0.3, 0.4) is 0 Å². The van der Waals surface area contributed by atoms with Crippen molar-refractivity contribution in [2.75, 3.05) is 19.7 Å². The number of carbonyl (C=O) groups is 1. The maximum Gasteiger partial charge on any atom is 0.254 e. The lowest BCUT2D eigenvalue weighted by molar-refractivity contribution is 0.0748. The Balaban J connectivity index is 1.40. The molecule has 3 aromatic carbocycles. The molecule has 1 aromatic heterocycles. The van der Waals surface area contributed by atoms with Crippen molar-refractivity contribution in [1.82, 2.24) is 14.5 Å². The van der Waals surface area contributed by atoms with Crippen LogP contribution in [0, 0.1) is 5.41 Å². The minimum absolute atomic E-state index is 0.0634. The van der Waals surface area contributed by atoms with Crippen molar-refractivity contribution in [2.24, 2.45) is 11.5 Å². The summed E-state index contributed by atoms with van der Waals surface area (Å²) < 4.78 is 8.20. The second-order valence-electron chi connectivity index (χ2n) is 10.2. The second kappa shape index (κ2) is 12.6. The van der Waals surface area contributed by atoms with E-state index >= 15 is 0 Å². The molecule has 1 unspecified atom stereocenters. The van der Waals surface area contributed by atoms with Gasteiger partial charge in [0.25, 0.3) is 5.91 Å². The number of benzene rings is 3. The van der Waals surface area contributed by atoms with Crippen molar-refractivity contribution in [1.29, 1.82) is 5.41 Å². The van der Waals surface area contributed by atoms with Crippen LogP contribution in [0.2, 0.25) is 5.02 Å². The Labute approximate surface area is 239 Å². The van der Waals surface area contributed by atoms with Gasteiger partial charge in [0.2, 0.25) is 0 Å². The third-order valence-corrected chi connectivity index (χ3v) is 7.61. The Morgan fingerprint density at radius 1 is 1.05 bits per heavy atom. The van der Waals surface area contributed by atoms with Crippen LogP contribution in [0.15, 0.2) is 66.7 Å². The molecule has 1 atom stereocenters. The van der Waals surface area contributed by atoms with Gasteiger partial charge >= 0.3 is 0 Å². The number of ether oxygens (including phenoxy) is 1. The minimum Gasteiger partial charge on any atom is -0.384 e. The molecule has 4 aromatic rings. The molecule has 0 aliphatic carbocycles. The summed E-state index contributed by atoms with van der Waals surface area (Å²) in [5, 5.41) is 8.28. The largest absolute Gasteiger partial charge is 0.384 e. The van der Waals surface area contributed by atoms with Crippen LogP contribution in [0.1, 0.15) is 45.7 Å². The van der Waals surface area contributed by atoms with Crippen molar-refractivity contribution >= 4 is 34.4 Å². The van der Waals surface area contributed by atoms with Gasteiger partial charge in [0.15, 0.2) is 0 Å². The van der Waals surface area contributed by atoms with Crippen molar-refractivity contribution in [3.8, 4) is 0 Å². The zero-order chi connectivity index (χ0) is 28.1. The molecule has 0 spiro atoms. The summed E-state index contributed by atoms with van der Waals surface area (Å²) in [7, 11) is 0. The average molecular weight is 559 g/mol. The van der Waals surface area contributed by atoms with Gasteiger partial charge in [0.05, 0.1) is 23.7 Å². The van der Waals surface area contributed by atoms with Crippen LogP contribution >= 0.6 is 11.6 Å². The Morgan fingerprint density at radius 2 is 1.77 bits per heavy atom. The number of nitrogen functional groups attached to an aromatic ring is 1. The number of imidazole rings is 1. The third kappa shape index (κ3) is 6.53. The number of rotatable bonds is 11. The van der Waals surface area contributed by atoms with Gasteiger partial charge < -0.3 is 25.7 Å². The van der Waals surface area contributed by atoms with Crippen LogP contribution in [-0.4, -0.2) is 52.0 Å². The van der Waals surface area contributed by atoms with Crippen molar-refractivity contribution < 1.29 is 9.53 Å². The van der Waals surface area contributed by atoms with Crippen molar-refractivity contribution in [3.05, 3.63) is 99.8 Å². The van der Waals surface area contributed by atoms with Crippen LogP contribution in [0.4, 0.5) is 0 Å². The average Bonchev–Trinajstić information content (AvgIpc) is 3.60. The Hall–Kier alpha value is -3.72. The molecule has 1 fully saturated rings. The Morgan fingerprint density at radius 3 is 2.45 bits per heavy atom. The maximum atomic E-state index is 13.6. The number of nitrogens with two attached hydrogens (primary N) is 2. The number of carbonyl (C=O) groups excluding carboxylic acids is 1. The molecular weight excluding hydrogens is 524 g/mol. The van der Waals surface area contributed by atoms with Gasteiger partial charge in [-0.25, -0.2) is 4.98 Å². The topological polar surface area (TPSA) is 123 Å². The van der Waals surface area contributed by atoms with E-state index in [9.17, 15) is 4.79 Å². The fourth-order valence-electron chi connectivity index (χ4n) is 5.21. The van der Waals surface area contributed by atoms with E-state index in [0.29, 0.717) is 35.8 Å². The molecule has 0 saturated carbocycles. The smallest absolute Gasteiger partial charge is 0.254 e. The van der Waals surface area contributed by atoms with Gasteiger partial charge in [-0.05, 0) is 60.7 Å². The van der Waals surface area contributed by atoms with E-state index in [1.54, 1.807) is 4.90 Å². The fourth-order valence-corrected chi connectivity index (χ4v) is 5.33. The lowest BCUT2D eigenvalue weighted by atomic mass is 10.1. The molecule has 8 nitrogen and oxygen atoms in total. The number of hydrogen-bond acceptors (Lipinski definition) is 5. The highest BCUT2D eigenvalue weighted by Gasteiger charge is 2.22. The monoisotopic (exact) mass is 558 g/mol. The van der Waals surface area contributed by atoms with E-state index in [4.69, 9.17) is 38.2 Å². The number of nitrogens with zero attached hydrogens (tertiary/aromatic N) is 3. The predicted molar refractivity (Wildman–Crippen MR) is 159 cm³/mol. The molecule has 5 N–H and O–H groups in total. The zero-order valence-electron chi connectivity index (χ0n) is 22.5. The van der Waals surface area contributed by atoms with Crippen molar-refractivity contribution in [3.63, 3.8) is 0 Å². The summed E-state index contributed by atoms with van der Waals surface area (Å²) in [5.41, 5.74) is 16.7. The van der Waals surface area contributed by atoms with Gasteiger partial charge in [-0.15, -0.1) is 0 Å². The maximum absolute atomic E-state index is 13.6. The summed E-state index contributed by atoms with van der Waals surface area (Å²) in [4.78, 5) is 20.3. The van der Waals surface area contributed by atoms with Crippen LogP contribution in [0.25, 0.3) is 11.0 Å². The molecular formula is C31H35ClN6O2. The van der Waals surface area contributed by atoms with Gasteiger partial charge in [0.1, 0.15) is 11.7 Å². The zero-order valence-corrected chi connectivity index (χ0v) is 23.2. The quantitative estimate of drug-likeness (QED) is 0.184. The number of aromatic nitrogens is 2. The van der Waals surface area contributed by atoms with E-state index in [1.807, 2.05) is 66.7 Å². The fraction of sp³-hybridized carbons (Fsp3) is 0.323. The van der Waals surface area contributed by atoms with E-state index in [0.717, 1.165) is 66.8 Å². The summed E-state index contributed by atoms with van der Waals surface area (Å²) in [6.45, 7) is 2.79. The third-order valence-electron chi connectivity index (χ3n) is 7.36. The highest BCUT2D eigenvalue weighted by Crippen LogP contribution is 2.24. The molecule has 1 aliphatic heterocycles. The first-order chi connectivity index (χ1) is 19.4. The molecule has 208 valence electrons. The molecule has 5 rings (SSSR count).